The number of nitrogens with two attached hydrogens (primary N) is 1. The largest absolute Gasteiger partial charge is 0.354 e. The van der Waals surface area contributed by atoms with Crippen LogP contribution in [0, 0.1) is 5.92 Å². The van der Waals surface area contributed by atoms with Crippen molar-refractivity contribution in [3.63, 3.8) is 0 Å². The fraction of sp³-hybridized carbons (Fsp3) is 0.583. The van der Waals surface area contributed by atoms with Crippen LogP contribution in [-0.2, 0) is 13.6 Å². The highest BCUT2D eigenvalue weighted by Crippen LogP contribution is 2.16. The summed E-state index contributed by atoms with van der Waals surface area (Å²) in [4.78, 5) is 30.4. The highest BCUT2D eigenvalue weighted by molar-refractivity contribution is 5.74. The van der Waals surface area contributed by atoms with Crippen molar-refractivity contribution in [1.29, 1.82) is 0 Å². The molecule has 0 saturated heterocycles. The highest BCUT2D eigenvalue weighted by atomic mass is 16.2. The monoisotopic (exact) mass is 280 g/mol. The predicted molar refractivity (Wildman–Crippen MR) is 78.0 cm³/mol. The minimum atomic E-state index is -0.470. The summed E-state index contributed by atoms with van der Waals surface area (Å²) in [6.45, 7) is 5.74. The fourth-order valence-corrected chi connectivity index (χ4v) is 2.10. The Balaban J connectivity index is 2.72. The van der Waals surface area contributed by atoms with Crippen LogP contribution in [0.15, 0.2) is 9.59 Å². The number of nitrogens with one attached hydrogen (secondary N) is 2. The van der Waals surface area contributed by atoms with Crippen molar-refractivity contribution in [2.45, 2.75) is 20.4 Å². The Morgan fingerprint density at radius 2 is 2.10 bits per heavy atom. The van der Waals surface area contributed by atoms with Crippen LogP contribution in [0.25, 0.3) is 11.2 Å². The molecule has 2 heterocycles. The third-order valence-electron chi connectivity index (χ3n) is 2.98. The van der Waals surface area contributed by atoms with E-state index in [9.17, 15) is 9.59 Å². The SMILES string of the molecule is CC(C)Cn1c(NCCN)nc2c1c(=O)[nH]c(=O)n2C. The zero-order valence-corrected chi connectivity index (χ0v) is 11.9. The number of aromatic nitrogens is 4. The number of hydrogen-bond donors (Lipinski definition) is 3. The Bertz CT molecular complexity index is 724. The van der Waals surface area contributed by atoms with Gasteiger partial charge >= 0.3 is 5.69 Å². The van der Waals surface area contributed by atoms with E-state index >= 15 is 0 Å². The molecule has 8 nitrogen and oxygen atoms in total. The van der Waals surface area contributed by atoms with E-state index in [2.05, 4.69) is 29.1 Å². The van der Waals surface area contributed by atoms with Crippen LogP contribution in [0.3, 0.4) is 0 Å². The molecule has 0 bridgehead atoms. The van der Waals surface area contributed by atoms with E-state index < -0.39 is 11.2 Å². The molecule has 0 aliphatic rings. The van der Waals surface area contributed by atoms with Crippen LogP contribution < -0.4 is 22.3 Å². The smallest absolute Gasteiger partial charge is 0.329 e. The van der Waals surface area contributed by atoms with Crippen LogP contribution in [0.4, 0.5) is 5.95 Å². The standard InChI is InChI=1S/C12H20N6O2/c1-7(2)6-18-8-9(15-11(18)14-5-4-13)17(3)12(20)16-10(8)19/h7H,4-6,13H2,1-3H3,(H,14,15)(H,16,19,20). The number of fused-ring (bicyclic) bond motifs is 1. The topological polar surface area (TPSA) is 111 Å². The maximum atomic E-state index is 12.1. The van der Waals surface area contributed by atoms with Crippen LogP contribution in [0.5, 0.6) is 0 Å². The van der Waals surface area contributed by atoms with Gasteiger partial charge in [0.2, 0.25) is 5.95 Å². The summed E-state index contributed by atoms with van der Waals surface area (Å²) in [7, 11) is 1.58. The second-order valence-electron chi connectivity index (χ2n) is 5.15. The average Bonchev–Trinajstić information content (AvgIpc) is 2.72. The molecule has 0 amide bonds. The number of aromatic amines is 1. The Kier molecular flexibility index (Phi) is 3.93. The summed E-state index contributed by atoms with van der Waals surface area (Å²) in [6, 6.07) is 0. The van der Waals surface area contributed by atoms with Gasteiger partial charge in [-0.2, -0.15) is 4.98 Å². The maximum Gasteiger partial charge on any atom is 0.329 e. The predicted octanol–water partition coefficient (Wildman–Crippen LogP) is -0.550. The van der Waals surface area contributed by atoms with Crippen molar-refractivity contribution in [1.82, 2.24) is 19.1 Å². The van der Waals surface area contributed by atoms with Crippen LogP contribution >= 0.6 is 0 Å². The van der Waals surface area contributed by atoms with E-state index in [4.69, 9.17) is 5.73 Å². The lowest BCUT2D eigenvalue weighted by molar-refractivity contribution is 0.535. The number of rotatable bonds is 5. The minimum Gasteiger partial charge on any atom is -0.354 e. The molecule has 110 valence electrons. The molecule has 20 heavy (non-hydrogen) atoms. The van der Waals surface area contributed by atoms with Gasteiger partial charge in [0.25, 0.3) is 5.56 Å². The van der Waals surface area contributed by atoms with Gasteiger partial charge in [0.1, 0.15) is 0 Å². The molecule has 4 N–H and O–H groups in total. The van der Waals surface area contributed by atoms with Crippen LogP contribution in [0.2, 0.25) is 0 Å². The summed E-state index contributed by atoms with van der Waals surface area (Å²) in [6.07, 6.45) is 0. The molecule has 8 heteroatoms. The van der Waals surface area contributed by atoms with Gasteiger partial charge in [-0.25, -0.2) is 4.79 Å². The average molecular weight is 280 g/mol. The lowest BCUT2D eigenvalue weighted by Crippen LogP contribution is -2.29. The lowest BCUT2D eigenvalue weighted by atomic mass is 10.2. The number of imidazole rings is 1. The van der Waals surface area contributed by atoms with Crippen molar-refractivity contribution in [3.05, 3.63) is 20.8 Å². The quantitative estimate of drug-likeness (QED) is 0.680. The molecule has 0 aliphatic carbocycles. The normalized spacial score (nSPS) is 11.4. The molecule has 0 spiro atoms. The van der Waals surface area contributed by atoms with Crippen molar-refractivity contribution < 1.29 is 0 Å². The first kappa shape index (κ1) is 14.3. The van der Waals surface area contributed by atoms with Crippen molar-refractivity contribution >= 4 is 17.1 Å². The molecule has 2 rings (SSSR count). The van der Waals surface area contributed by atoms with Crippen molar-refractivity contribution in [3.8, 4) is 0 Å². The molecule has 0 saturated carbocycles. The fourth-order valence-electron chi connectivity index (χ4n) is 2.10. The van der Waals surface area contributed by atoms with E-state index in [0.717, 1.165) is 0 Å². The number of nitrogens with zero attached hydrogens (tertiary/aromatic N) is 3. The maximum absolute atomic E-state index is 12.1. The Hall–Kier alpha value is -2.09. The van der Waals surface area contributed by atoms with E-state index in [1.54, 1.807) is 11.6 Å². The Labute approximate surface area is 115 Å². The minimum absolute atomic E-state index is 0.336. The first-order valence-electron chi connectivity index (χ1n) is 6.59. The van der Waals surface area contributed by atoms with Gasteiger partial charge in [-0.3, -0.25) is 14.3 Å². The molecule has 0 atom stereocenters. The van der Waals surface area contributed by atoms with E-state index in [0.29, 0.717) is 42.7 Å². The van der Waals surface area contributed by atoms with Crippen LogP contribution in [-0.4, -0.2) is 32.2 Å². The summed E-state index contributed by atoms with van der Waals surface area (Å²) in [5.74, 6) is 0.897. The second-order valence-corrected chi connectivity index (χ2v) is 5.15. The number of hydrogen-bond acceptors (Lipinski definition) is 5. The zero-order valence-electron chi connectivity index (χ0n) is 11.9. The van der Waals surface area contributed by atoms with E-state index in [1.807, 2.05) is 0 Å². The Morgan fingerprint density at radius 3 is 2.70 bits per heavy atom. The second kappa shape index (κ2) is 5.49. The third kappa shape index (κ3) is 2.46. The Morgan fingerprint density at radius 1 is 1.40 bits per heavy atom. The molecule has 0 unspecified atom stereocenters. The van der Waals surface area contributed by atoms with E-state index in [1.165, 1.54) is 4.57 Å². The summed E-state index contributed by atoms with van der Waals surface area (Å²) in [5, 5.41) is 3.09. The number of H-pyrrole nitrogens is 1. The van der Waals surface area contributed by atoms with Crippen LogP contribution in [0.1, 0.15) is 13.8 Å². The molecule has 0 aromatic carbocycles. The summed E-state index contributed by atoms with van der Waals surface area (Å²) < 4.78 is 3.13. The first-order valence-corrected chi connectivity index (χ1v) is 6.59. The molecule has 0 aliphatic heterocycles. The summed E-state index contributed by atoms with van der Waals surface area (Å²) in [5.41, 5.74) is 5.37. The molecule has 0 radical (unpaired) electrons. The highest BCUT2D eigenvalue weighted by Gasteiger charge is 2.17. The molecular weight excluding hydrogens is 260 g/mol. The molecule has 2 aromatic heterocycles. The van der Waals surface area contributed by atoms with Crippen molar-refractivity contribution in [2.75, 3.05) is 18.4 Å². The van der Waals surface area contributed by atoms with Gasteiger partial charge in [0, 0.05) is 26.7 Å². The molecule has 0 fully saturated rings. The lowest BCUT2D eigenvalue weighted by Gasteiger charge is -2.11. The van der Waals surface area contributed by atoms with Gasteiger partial charge in [0.15, 0.2) is 11.2 Å². The summed E-state index contributed by atoms with van der Waals surface area (Å²) >= 11 is 0. The van der Waals surface area contributed by atoms with E-state index in [-0.39, 0.29) is 0 Å². The first-order chi connectivity index (χ1) is 9.45. The van der Waals surface area contributed by atoms with Gasteiger partial charge in [-0.1, -0.05) is 13.8 Å². The van der Waals surface area contributed by atoms with Gasteiger partial charge < -0.3 is 15.6 Å². The number of aryl methyl sites for hydroxylation is 1. The zero-order chi connectivity index (χ0) is 14.9. The molecular formula is C12H20N6O2. The molecule has 2 aromatic rings. The van der Waals surface area contributed by atoms with Gasteiger partial charge in [-0.05, 0) is 5.92 Å². The van der Waals surface area contributed by atoms with Gasteiger partial charge in [0.05, 0.1) is 0 Å². The number of anilines is 1. The van der Waals surface area contributed by atoms with Gasteiger partial charge in [-0.15, -0.1) is 0 Å². The third-order valence-corrected chi connectivity index (χ3v) is 2.98. The van der Waals surface area contributed by atoms with Crippen molar-refractivity contribution in [2.24, 2.45) is 18.7 Å².